The van der Waals surface area contributed by atoms with E-state index in [1.165, 1.54) is 22.3 Å². The second kappa shape index (κ2) is 7.69. The number of anilines is 1. The standard InChI is InChI=1S/C25H27NO2/c1-16-10-20(14-25(27-3)17(16)2)24-9-8-22(26)11-21(24)15-28-23-12-18-6-4-5-7-19(18)13-23/h4-11,14,23H,12-13,15,26H2,1-3H3. The Morgan fingerprint density at radius 1 is 0.964 bits per heavy atom. The fourth-order valence-electron chi connectivity index (χ4n) is 4.05. The van der Waals surface area contributed by atoms with Gasteiger partial charge in [0.15, 0.2) is 0 Å². The van der Waals surface area contributed by atoms with E-state index < -0.39 is 0 Å². The Hall–Kier alpha value is -2.78. The lowest BCUT2D eigenvalue weighted by Gasteiger charge is -2.17. The summed E-state index contributed by atoms with van der Waals surface area (Å²) in [6.45, 7) is 4.75. The first-order chi connectivity index (χ1) is 13.5. The number of hydrogen-bond donors (Lipinski definition) is 1. The van der Waals surface area contributed by atoms with Crippen LogP contribution in [0.5, 0.6) is 5.75 Å². The number of ether oxygens (including phenoxy) is 2. The molecule has 0 atom stereocenters. The molecule has 3 heteroatoms. The van der Waals surface area contributed by atoms with Gasteiger partial charge in [-0.05, 0) is 83.8 Å². The van der Waals surface area contributed by atoms with Gasteiger partial charge in [0.1, 0.15) is 5.75 Å². The molecular formula is C25H27NO2. The van der Waals surface area contributed by atoms with Gasteiger partial charge in [0.25, 0.3) is 0 Å². The molecule has 0 amide bonds. The zero-order valence-corrected chi connectivity index (χ0v) is 16.8. The number of methoxy groups -OCH3 is 1. The fraction of sp³-hybridized carbons (Fsp3) is 0.280. The van der Waals surface area contributed by atoms with E-state index in [1.54, 1.807) is 7.11 Å². The minimum Gasteiger partial charge on any atom is -0.496 e. The molecule has 3 nitrogen and oxygen atoms in total. The molecule has 0 heterocycles. The van der Waals surface area contributed by atoms with Gasteiger partial charge in [0.05, 0.1) is 19.8 Å². The van der Waals surface area contributed by atoms with Crippen molar-refractivity contribution in [1.29, 1.82) is 0 Å². The molecule has 0 bridgehead atoms. The number of benzene rings is 3. The van der Waals surface area contributed by atoms with E-state index in [2.05, 4.69) is 56.3 Å². The van der Waals surface area contributed by atoms with Gasteiger partial charge >= 0.3 is 0 Å². The van der Waals surface area contributed by atoms with Crippen LogP contribution in [0.15, 0.2) is 54.6 Å². The Labute approximate surface area is 167 Å². The topological polar surface area (TPSA) is 44.5 Å². The zero-order valence-electron chi connectivity index (χ0n) is 16.8. The fourth-order valence-corrected chi connectivity index (χ4v) is 4.05. The molecule has 0 saturated carbocycles. The maximum atomic E-state index is 6.31. The molecular weight excluding hydrogens is 346 g/mol. The minimum atomic E-state index is 0.223. The van der Waals surface area contributed by atoms with Crippen LogP contribution in [0.4, 0.5) is 5.69 Å². The van der Waals surface area contributed by atoms with E-state index in [4.69, 9.17) is 15.2 Å². The average molecular weight is 373 g/mol. The van der Waals surface area contributed by atoms with Crippen LogP contribution in [0, 0.1) is 13.8 Å². The van der Waals surface area contributed by atoms with Crippen molar-refractivity contribution in [3.63, 3.8) is 0 Å². The molecule has 0 fully saturated rings. The van der Waals surface area contributed by atoms with Gasteiger partial charge in [-0.3, -0.25) is 0 Å². The number of nitrogen functional groups attached to an aromatic ring is 1. The smallest absolute Gasteiger partial charge is 0.122 e. The molecule has 1 aliphatic rings. The molecule has 4 rings (SSSR count). The number of nitrogens with two attached hydrogens (primary N) is 1. The quantitative estimate of drug-likeness (QED) is 0.622. The van der Waals surface area contributed by atoms with Gasteiger partial charge in [-0.15, -0.1) is 0 Å². The summed E-state index contributed by atoms with van der Waals surface area (Å²) in [5, 5.41) is 0. The number of hydrogen-bond acceptors (Lipinski definition) is 3. The minimum absolute atomic E-state index is 0.223. The largest absolute Gasteiger partial charge is 0.496 e. The Morgan fingerprint density at radius 2 is 1.68 bits per heavy atom. The molecule has 0 radical (unpaired) electrons. The summed E-state index contributed by atoms with van der Waals surface area (Å²) in [6, 6.07) is 19.0. The summed E-state index contributed by atoms with van der Waals surface area (Å²) in [7, 11) is 1.72. The lowest BCUT2D eigenvalue weighted by atomic mass is 9.95. The van der Waals surface area contributed by atoms with Crippen molar-refractivity contribution >= 4 is 5.69 Å². The van der Waals surface area contributed by atoms with E-state index in [-0.39, 0.29) is 6.10 Å². The average Bonchev–Trinajstić information content (AvgIpc) is 3.11. The van der Waals surface area contributed by atoms with Gasteiger partial charge in [-0.1, -0.05) is 36.4 Å². The van der Waals surface area contributed by atoms with E-state index in [0.717, 1.165) is 41.0 Å². The van der Waals surface area contributed by atoms with E-state index >= 15 is 0 Å². The highest BCUT2D eigenvalue weighted by molar-refractivity contribution is 5.72. The van der Waals surface area contributed by atoms with Crippen molar-refractivity contribution < 1.29 is 9.47 Å². The van der Waals surface area contributed by atoms with Crippen LogP contribution in [0.2, 0.25) is 0 Å². The van der Waals surface area contributed by atoms with Crippen LogP contribution < -0.4 is 10.5 Å². The third-order valence-corrected chi connectivity index (χ3v) is 5.77. The highest BCUT2D eigenvalue weighted by atomic mass is 16.5. The maximum Gasteiger partial charge on any atom is 0.122 e. The summed E-state index contributed by atoms with van der Waals surface area (Å²) in [6.07, 6.45) is 2.18. The summed E-state index contributed by atoms with van der Waals surface area (Å²) in [4.78, 5) is 0. The molecule has 28 heavy (non-hydrogen) atoms. The van der Waals surface area contributed by atoms with Gasteiger partial charge in [0, 0.05) is 5.69 Å². The van der Waals surface area contributed by atoms with E-state index in [1.807, 2.05) is 12.1 Å². The molecule has 0 spiro atoms. The molecule has 1 aliphatic carbocycles. The summed E-state index contributed by atoms with van der Waals surface area (Å²) < 4.78 is 11.9. The second-order valence-corrected chi connectivity index (χ2v) is 7.65. The first-order valence-corrected chi connectivity index (χ1v) is 9.77. The highest BCUT2D eigenvalue weighted by Crippen LogP contribution is 2.33. The van der Waals surface area contributed by atoms with Crippen molar-refractivity contribution in [2.45, 2.75) is 39.4 Å². The van der Waals surface area contributed by atoms with Crippen molar-refractivity contribution in [3.05, 3.63) is 82.4 Å². The number of aryl methyl sites for hydroxylation is 1. The van der Waals surface area contributed by atoms with Crippen LogP contribution in [0.1, 0.15) is 27.8 Å². The predicted octanol–water partition coefficient (Wildman–Crippen LogP) is 5.25. The molecule has 3 aromatic rings. The van der Waals surface area contributed by atoms with Crippen LogP contribution in [-0.4, -0.2) is 13.2 Å². The number of rotatable bonds is 5. The Morgan fingerprint density at radius 3 is 2.36 bits per heavy atom. The number of fused-ring (bicyclic) bond motifs is 1. The molecule has 0 aliphatic heterocycles. The molecule has 0 saturated heterocycles. The Kier molecular flexibility index (Phi) is 5.10. The van der Waals surface area contributed by atoms with Crippen molar-refractivity contribution in [3.8, 4) is 16.9 Å². The van der Waals surface area contributed by atoms with E-state index in [9.17, 15) is 0 Å². The SMILES string of the molecule is COc1cc(-c2ccc(N)cc2COC2Cc3ccccc3C2)cc(C)c1C. The van der Waals surface area contributed by atoms with Gasteiger partial charge in [-0.2, -0.15) is 0 Å². The normalized spacial score (nSPS) is 13.5. The zero-order chi connectivity index (χ0) is 19.7. The third-order valence-electron chi connectivity index (χ3n) is 5.77. The third kappa shape index (κ3) is 3.63. The van der Waals surface area contributed by atoms with Crippen LogP contribution in [-0.2, 0) is 24.2 Å². The van der Waals surface area contributed by atoms with Crippen molar-refractivity contribution in [2.24, 2.45) is 0 Å². The predicted molar refractivity (Wildman–Crippen MR) is 115 cm³/mol. The maximum absolute atomic E-state index is 6.31. The van der Waals surface area contributed by atoms with Gasteiger partial charge in [-0.25, -0.2) is 0 Å². The lowest BCUT2D eigenvalue weighted by Crippen LogP contribution is -2.13. The highest BCUT2D eigenvalue weighted by Gasteiger charge is 2.22. The van der Waals surface area contributed by atoms with Crippen molar-refractivity contribution in [1.82, 2.24) is 0 Å². The molecule has 3 aromatic carbocycles. The molecule has 0 aromatic heterocycles. The van der Waals surface area contributed by atoms with Gasteiger partial charge in [0.2, 0.25) is 0 Å². The first kappa shape index (κ1) is 18.6. The monoisotopic (exact) mass is 373 g/mol. The lowest BCUT2D eigenvalue weighted by molar-refractivity contribution is 0.0482. The summed E-state index contributed by atoms with van der Waals surface area (Å²) in [5.74, 6) is 0.907. The summed E-state index contributed by atoms with van der Waals surface area (Å²) in [5.41, 5.74) is 15.4. The Bertz CT molecular complexity index is 984. The van der Waals surface area contributed by atoms with Crippen LogP contribution in [0.25, 0.3) is 11.1 Å². The Balaban J connectivity index is 1.59. The van der Waals surface area contributed by atoms with Crippen LogP contribution >= 0.6 is 0 Å². The van der Waals surface area contributed by atoms with Crippen LogP contribution in [0.3, 0.4) is 0 Å². The van der Waals surface area contributed by atoms with E-state index in [0.29, 0.717) is 6.61 Å². The molecule has 0 unspecified atom stereocenters. The summed E-state index contributed by atoms with van der Waals surface area (Å²) >= 11 is 0. The first-order valence-electron chi connectivity index (χ1n) is 9.77. The van der Waals surface area contributed by atoms with Crippen molar-refractivity contribution in [2.75, 3.05) is 12.8 Å². The second-order valence-electron chi connectivity index (χ2n) is 7.65. The van der Waals surface area contributed by atoms with Gasteiger partial charge < -0.3 is 15.2 Å². The molecule has 2 N–H and O–H groups in total. The molecule has 144 valence electrons.